The highest BCUT2D eigenvalue weighted by Gasteiger charge is 2.50. The Morgan fingerprint density at radius 3 is 2.58 bits per heavy atom. The van der Waals surface area contributed by atoms with Crippen molar-refractivity contribution >= 4 is 29.4 Å². The van der Waals surface area contributed by atoms with Gasteiger partial charge in [-0.2, -0.15) is 0 Å². The molecule has 3 heterocycles. The Kier molecular flexibility index (Phi) is 6.35. The summed E-state index contributed by atoms with van der Waals surface area (Å²) < 4.78 is 26.3. The topological polar surface area (TPSA) is 89.3 Å². The smallest absolute Gasteiger partial charge is 0.254 e. The van der Waals surface area contributed by atoms with Crippen LogP contribution in [-0.2, 0) is 16.6 Å². The van der Waals surface area contributed by atoms with Crippen LogP contribution in [0.4, 0.5) is 11.5 Å². The number of rotatable bonds is 8. The second-order valence-electron chi connectivity index (χ2n) is 11.2. The molecule has 3 aromatic rings. The molecule has 1 N–H and O–H groups in total. The molecule has 2 aliphatic carbocycles. The van der Waals surface area contributed by atoms with Gasteiger partial charge in [-0.15, -0.1) is 0 Å². The van der Waals surface area contributed by atoms with Gasteiger partial charge in [0, 0.05) is 54.5 Å². The summed E-state index contributed by atoms with van der Waals surface area (Å²) in [4.78, 5) is 18.1. The minimum absolute atomic E-state index is 0.0698. The Hall–Kier alpha value is -3.37. The van der Waals surface area contributed by atoms with Crippen LogP contribution in [0.3, 0.4) is 0 Å². The summed E-state index contributed by atoms with van der Waals surface area (Å²) in [7, 11) is 5.02. The van der Waals surface area contributed by atoms with Crippen molar-refractivity contribution in [2.24, 2.45) is 0 Å². The average Bonchev–Trinajstić information content (AvgIpc) is 3.32. The lowest BCUT2D eigenvalue weighted by Gasteiger charge is -2.34. The predicted octanol–water partition coefficient (Wildman–Crippen LogP) is 5.14. The van der Waals surface area contributed by atoms with E-state index in [4.69, 9.17) is 18.7 Å². The summed E-state index contributed by atoms with van der Waals surface area (Å²) in [6, 6.07) is 10.5. The molecule has 1 amide bonds. The van der Waals surface area contributed by atoms with E-state index < -0.39 is 0 Å². The van der Waals surface area contributed by atoms with Crippen LogP contribution in [0.1, 0.15) is 47.2 Å². The first-order valence-electron chi connectivity index (χ1n) is 13.9. The number of anilines is 2. The average molecular weight is 563 g/mol. The Morgan fingerprint density at radius 1 is 1.18 bits per heavy atom. The number of nitrogens with one attached hydrogen (secondary N) is 1. The van der Waals surface area contributed by atoms with E-state index in [1.165, 1.54) is 48.0 Å². The van der Waals surface area contributed by atoms with Crippen molar-refractivity contribution < 1.29 is 23.5 Å². The molecule has 4 aliphatic rings. The summed E-state index contributed by atoms with van der Waals surface area (Å²) in [5.74, 6) is 2.59. The number of hydrogen-bond donors (Lipinski definition) is 1. The Labute approximate surface area is 238 Å². The van der Waals surface area contributed by atoms with E-state index in [9.17, 15) is 4.79 Å². The third-order valence-electron chi connectivity index (χ3n) is 8.93. The molecule has 9 nitrogen and oxygen atoms in total. The van der Waals surface area contributed by atoms with Crippen LogP contribution >= 0.6 is 11.9 Å². The number of benzene rings is 2. The minimum Gasteiger partial charge on any atom is -0.495 e. The molecular weight excluding hydrogens is 528 g/mol. The molecule has 2 aliphatic heterocycles. The van der Waals surface area contributed by atoms with Gasteiger partial charge in [0.1, 0.15) is 16.4 Å². The Balaban J connectivity index is 1.16. The van der Waals surface area contributed by atoms with Crippen molar-refractivity contribution in [2.75, 3.05) is 57.2 Å². The van der Waals surface area contributed by atoms with Crippen LogP contribution < -0.4 is 19.1 Å². The molecule has 0 radical (unpaired) electrons. The second-order valence-corrected chi connectivity index (χ2v) is 12.0. The van der Waals surface area contributed by atoms with Crippen molar-refractivity contribution in [3.63, 3.8) is 0 Å². The standard InChI is InChI=1S/C30H34N4O5S/c1-33(20-7-12-38-17-20)29(35)18-13-24(36-2)27(25(14-18)37-3)40-32-28-22-16-30(8-9-30)23-6-5-19(34-10-4-11-34)15-21(23)26(22)39-31-28/h5-6,13-15,20H,4,7-12,16-17H2,1-3H3,(H,31,32). The fourth-order valence-electron chi connectivity index (χ4n) is 6.15. The highest BCUT2D eigenvalue weighted by atomic mass is 32.2. The molecular formula is C30H34N4O5S. The van der Waals surface area contributed by atoms with Gasteiger partial charge in [0.15, 0.2) is 11.6 Å². The van der Waals surface area contributed by atoms with E-state index in [2.05, 4.69) is 33.0 Å². The lowest BCUT2D eigenvalue weighted by atomic mass is 9.79. The quantitative estimate of drug-likeness (QED) is 0.375. The predicted molar refractivity (Wildman–Crippen MR) is 154 cm³/mol. The molecule has 1 atom stereocenters. The van der Waals surface area contributed by atoms with Crippen molar-refractivity contribution in [1.82, 2.24) is 10.1 Å². The maximum Gasteiger partial charge on any atom is 0.254 e. The Bertz CT molecular complexity index is 1430. The van der Waals surface area contributed by atoms with Crippen molar-refractivity contribution in [3.05, 3.63) is 47.0 Å². The zero-order valence-electron chi connectivity index (χ0n) is 23.1. The number of aromatic nitrogens is 1. The van der Waals surface area contributed by atoms with Gasteiger partial charge in [0.2, 0.25) is 0 Å². The molecule has 7 rings (SSSR count). The van der Waals surface area contributed by atoms with Crippen molar-refractivity contribution in [2.45, 2.75) is 48.5 Å². The van der Waals surface area contributed by atoms with E-state index in [-0.39, 0.29) is 17.4 Å². The normalized spacial score (nSPS) is 20.0. The molecule has 1 aromatic heterocycles. The SMILES string of the molecule is COc1cc(C(=O)N(C)C2CCOC2)cc(OC)c1SNc1noc2c1CC1(CC1)c1ccc(N3CCC3)cc1-2. The lowest BCUT2D eigenvalue weighted by molar-refractivity contribution is 0.0710. The van der Waals surface area contributed by atoms with E-state index in [1.807, 2.05) is 7.05 Å². The number of amides is 1. The zero-order chi connectivity index (χ0) is 27.4. The summed E-state index contributed by atoms with van der Waals surface area (Å²) >= 11 is 1.35. The van der Waals surface area contributed by atoms with Gasteiger partial charge in [-0.3, -0.25) is 4.79 Å². The number of nitrogens with zero attached hydrogens (tertiary/aromatic N) is 3. The molecule has 3 fully saturated rings. The van der Waals surface area contributed by atoms with Gasteiger partial charge in [-0.05, 0) is 73.9 Å². The van der Waals surface area contributed by atoms with Crippen LogP contribution in [-0.4, -0.2) is 69.6 Å². The summed E-state index contributed by atoms with van der Waals surface area (Å²) in [6.45, 7) is 3.45. The lowest BCUT2D eigenvalue weighted by Crippen LogP contribution is -2.37. The zero-order valence-corrected chi connectivity index (χ0v) is 23.9. The third-order valence-corrected chi connectivity index (χ3v) is 9.83. The van der Waals surface area contributed by atoms with E-state index in [1.54, 1.807) is 31.3 Å². The van der Waals surface area contributed by atoms with Crippen molar-refractivity contribution in [1.29, 1.82) is 0 Å². The van der Waals surface area contributed by atoms with Crippen LogP contribution in [0.15, 0.2) is 39.8 Å². The third kappa shape index (κ3) is 4.19. The van der Waals surface area contributed by atoms with E-state index in [0.29, 0.717) is 30.3 Å². The number of hydrogen-bond acceptors (Lipinski definition) is 9. The highest BCUT2D eigenvalue weighted by Crippen LogP contribution is 2.59. The maximum absolute atomic E-state index is 13.3. The molecule has 10 heteroatoms. The van der Waals surface area contributed by atoms with Crippen LogP contribution in [0.5, 0.6) is 11.5 Å². The first-order chi connectivity index (χ1) is 19.5. The summed E-state index contributed by atoms with van der Waals surface area (Å²) in [5, 5.41) is 4.46. The van der Waals surface area contributed by atoms with Gasteiger partial charge in [0.05, 0.1) is 26.9 Å². The van der Waals surface area contributed by atoms with E-state index >= 15 is 0 Å². The largest absolute Gasteiger partial charge is 0.495 e. The number of fused-ring (bicyclic) bond motifs is 4. The van der Waals surface area contributed by atoms with Gasteiger partial charge in [0.25, 0.3) is 5.91 Å². The maximum atomic E-state index is 13.3. The van der Waals surface area contributed by atoms with E-state index in [0.717, 1.165) is 48.0 Å². The molecule has 0 bridgehead atoms. The molecule has 1 saturated carbocycles. The Morgan fingerprint density at radius 2 is 1.95 bits per heavy atom. The monoisotopic (exact) mass is 562 g/mol. The summed E-state index contributed by atoms with van der Waals surface area (Å²) in [6.07, 6.45) is 5.34. The first kappa shape index (κ1) is 25.6. The number of carbonyl (C=O) groups excluding carboxylic acids is 1. The van der Waals surface area contributed by atoms with Crippen LogP contribution in [0.2, 0.25) is 0 Å². The van der Waals surface area contributed by atoms with Gasteiger partial charge < -0.3 is 33.3 Å². The van der Waals surface area contributed by atoms with Crippen LogP contribution in [0.25, 0.3) is 11.3 Å². The van der Waals surface area contributed by atoms with Gasteiger partial charge in [-0.1, -0.05) is 11.2 Å². The second kappa shape index (κ2) is 9.92. The summed E-state index contributed by atoms with van der Waals surface area (Å²) in [5.41, 5.74) is 5.61. The number of carbonyl (C=O) groups is 1. The molecule has 1 spiro atoms. The number of methoxy groups -OCH3 is 2. The first-order valence-corrected chi connectivity index (χ1v) is 14.7. The number of ether oxygens (including phenoxy) is 3. The molecule has 1 unspecified atom stereocenters. The van der Waals surface area contributed by atoms with Crippen molar-refractivity contribution in [3.8, 4) is 22.8 Å². The van der Waals surface area contributed by atoms with Gasteiger partial charge in [-0.25, -0.2) is 0 Å². The molecule has 2 saturated heterocycles. The molecule has 40 heavy (non-hydrogen) atoms. The highest BCUT2D eigenvalue weighted by molar-refractivity contribution is 8.00. The number of likely N-dealkylation sites (N-methyl/N-ethyl adjacent to an activating group) is 1. The fourth-order valence-corrected chi connectivity index (χ4v) is 6.99. The van der Waals surface area contributed by atoms with Crippen LogP contribution in [0, 0.1) is 0 Å². The fraction of sp³-hybridized carbons (Fsp3) is 0.467. The molecule has 2 aromatic carbocycles. The minimum atomic E-state index is -0.0897. The van der Waals surface area contributed by atoms with Gasteiger partial charge >= 0.3 is 0 Å². The molecule has 210 valence electrons.